The molecule has 1 unspecified atom stereocenters. The summed E-state index contributed by atoms with van der Waals surface area (Å²) in [5.41, 5.74) is 0.893. The van der Waals surface area contributed by atoms with Gasteiger partial charge in [-0.15, -0.1) is 0 Å². The summed E-state index contributed by atoms with van der Waals surface area (Å²) in [6, 6.07) is 4.72. The van der Waals surface area contributed by atoms with Gasteiger partial charge in [0.15, 0.2) is 0 Å². The van der Waals surface area contributed by atoms with E-state index in [0.717, 1.165) is 12.1 Å². The zero-order valence-corrected chi connectivity index (χ0v) is 14.0. The smallest absolute Gasteiger partial charge is 0.240 e. The van der Waals surface area contributed by atoms with E-state index in [2.05, 4.69) is 10.0 Å². The number of sulfonamides is 1. The van der Waals surface area contributed by atoms with Gasteiger partial charge in [0, 0.05) is 17.6 Å². The van der Waals surface area contributed by atoms with Gasteiger partial charge in [0.05, 0.1) is 4.90 Å². The maximum absolute atomic E-state index is 12.2. The third-order valence-electron chi connectivity index (χ3n) is 3.24. The molecule has 6 heteroatoms. The Morgan fingerprint density at radius 2 is 1.90 bits per heavy atom. The van der Waals surface area contributed by atoms with Crippen LogP contribution in [0.3, 0.4) is 0 Å². The van der Waals surface area contributed by atoms with Gasteiger partial charge >= 0.3 is 0 Å². The minimum atomic E-state index is -3.52. The molecule has 0 bridgehead atoms. The predicted molar refractivity (Wildman–Crippen MR) is 83.5 cm³/mol. The average molecular weight is 319 g/mol. The molecular weight excluding hydrogens is 296 g/mol. The minimum Gasteiger partial charge on any atom is -0.313 e. The standard InChI is InChI=1S/C14H23ClN2O2S/c1-5-16-9-12-6-7-13(8-14(12)15)20(18,19)17-11(4)10(2)3/h6-8,10-11,16-17H,5,9H2,1-4H3. The lowest BCUT2D eigenvalue weighted by molar-refractivity contribution is 0.476. The Hall–Kier alpha value is -0.620. The van der Waals surface area contributed by atoms with Gasteiger partial charge in [0.1, 0.15) is 0 Å². The second-order valence-corrected chi connectivity index (χ2v) is 7.31. The first kappa shape index (κ1) is 17.4. The molecule has 0 aromatic heterocycles. The average Bonchev–Trinajstić information content (AvgIpc) is 2.36. The minimum absolute atomic E-state index is 0.125. The zero-order valence-electron chi connectivity index (χ0n) is 12.4. The highest BCUT2D eigenvalue weighted by Gasteiger charge is 2.20. The Kier molecular flexibility index (Phi) is 6.45. The van der Waals surface area contributed by atoms with Crippen molar-refractivity contribution in [2.75, 3.05) is 6.54 Å². The molecule has 0 heterocycles. The SMILES string of the molecule is CCNCc1ccc(S(=O)(=O)NC(C)C(C)C)cc1Cl. The Morgan fingerprint density at radius 1 is 1.25 bits per heavy atom. The Bertz CT molecular complexity index is 544. The first-order valence-electron chi connectivity index (χ1n) is 6.79. The Labute approximate surface area is 127 Å². The van der Waals surface area contributed by atoms with Crippen LogP contribution in [-0.2, 0) is 16.6 Å². The van der Waals surface area contributed by atoms with E-state index in [9.17, 15) is 8.42 Å². The number of rotatable bonds is 7. The van der Waals surface area contributed by atoms with Gasteiger partial charge in [0.2, 0.25) is 10.0 Å². The first-order chi connectivity index (χ1) is 9.27. The largest absolute Gasteiger partial charge is 0.313 e. The van der Waals surface area contributed by atoms with E-state index in [1.807, 2.05) is 27.7 Å². The number of halogens is 1. The Balaban J connectivity index is 2.94. The highest BCUT2D eigenvalue weighted by atomic mass is 35.5. The molecule has 114 valence electrons. The molecular formula is C14H23ClN2O2S. The second kappa shape index (κ2) is 7.41. The molecule has 1 aromatic rings. The third kappa shape index (κ3) is 4.74. The summed E-state index contributed by atoms with van der Waals surface area (Å²) in [5, 5.41) is 3.63. The lowest BCUT2D eigenvalue weighted by Crippen LogP contribution is -2.36. The van der Waals surface area contributed by atoms with E-state index in [0.29, 0.717) is 11.6 Å². The molecule has 0 saturated heterocycles. The number of hydrogen-bond acceptors (Lipinski definition) is 3. The van der Waals surface area contributed by atoms with Crippen LogP contribution in [0.15, 0.2) is 23.1 Å². The van der Waals surface area contributed by atoms with E-state index in [-0.39, 0.29) is 16.9 Å². The maximum atomic E-state index is 12.2. The van der Waals surface area contributed by atoms with Crippen molar-refractivity contribution in [1.29, 1.82) is 0 Å². The van der Waals surface area contributed by atoms with Crippen molar-refractivity contribution in [3.05, 3.63) is 28.8 Å². The summed E-state index contributed by atoms with van der Waals surface area (Å²) in [7, 11) is -3.52. The fourth-order valence-electron chi connectivity index (χ4n) is 1.55. The van der Waals surface area contributed by atoms with Gasteiger partial charge in [-0.25, -0.2) is 13.1 Å². The molecule has 1 rings (SSSR count). The molecule has 1 aromatic carbocycles. The molecule has 0 aliphatic rings. The first-order valence-corrected chi connectivity index (χ1v) is 8.65. The van der Waals surface area contributed by atoms with Crippen LogP contribution in [0.1, 0.15) is 33.3 Å². The molecule has 0 radical (unpaired) electrons. The van der Waals surface area contributed by atoms with Gasteiger partial charge in [-0.05, 0) is 37.1 Å². The summed E-state index contributed by atoms with van der Waals surface area (Å²) in [6.45, 7) is 9.27. The number of hydrogen-bond donors (Lipinski definition) is 2. The van der Waals surface area contributed by atoms with Gasteiger partial charge in [-0.1, -0.05) is 38.4 Å². The van der Waals surface area contributed by atoms with Gasteiger partial charge in [-0.2, -0.15) is 0 Å². The second-order valence-electron chi connectivity index (χ2n) is 5.19. The van der Waals surface area contributed by atoms with E-state index in [1.165, 1.54) is 6.07 Å². The molecule has 0 aliphatic heterocycles. The normalized spacial score (nSPS) is 13.7. The molecule has 0 spiro atoms. The molecule has 4 nitrogen and oxygen atoms in total. The Morgan fingerprint density at radius 3 is 2.40 bits per heavy atom. The van der Waals surface area contributed by atoms with Crippen molar-refractivity contribution in [2.45, 2.75) is 45.2 Å². The summed E-state index contributed by atoms with van der Waals surface area (Å²) in [5.74, 6) is 0.230. The molecule has 2 N–H and O–H groups in total. The van der Waals surface area contributed by atoms with Crippen molar-refractivity contribution in [3.63, 3.8) is 0 Å². The highest BCUT2D eigenvalue weighted by Crippen LogP contribution is 2.21. The predicted octanol–water partition coefficient (Wildman–Crippen LogP) is 2.77. The van der Waals surface area contributed by atoms with Crippen LogP contribution in [-0.4, -0.2) is 21.0 Å². The monoisotopic (exact) mass is 318 g/mol. The van der Waals surface area contributed by atoms with E-state index >= 15 is 0 Å². The van der Waals surface area contributed by atoms with Crippen LogP contribution < -0.4 is 10.0 Å². The molecule has 0 aliphatic carbocycles. The van der Waals surface area contributed by atoms with Gasteiger partial charge in [-0.3, -0.25) is 0 Å². The topological polar surface area (TPSA) is 58.2 Å². The van der Waals surface area contributed by atoms with Crippen molar-refractivity contribution in [2.24, 2.45) is 5.92 Å². The highest BCUT2D eigenvalue weighted by molar-refractivity contribution is 7.89. The molecule has 0 fully saturated rings. The van der Waals surface area contributed by atoms with E-state index < -0.39 is 10.0 Å². The molecule has 0 amide bonds. The summed E-state index contributed by atoms with van der Waals surface area (Å²) >= 11 is 6.14. The van der Waals surface area contributed by atoms with Crippen molar-refractivity contribution < 1.29 is 8.42 Å². The van der Waals surface area contributed by atoms with Gasteiger partial charge < -0.3 is 5.32 Å². The fraction of sp³-hybridized carbons (Fsp3) is 0.571. The van der Waals surface area contributed by atoms with Crippen LogP contribution in [0, 0.1) is 5.92 Å². The van der Waals surface area contributed by atoms with Crippen molar-refractivity contribution in [1.82, 2.24) is 10.0 Å². The zero-order chi connectivity index (χ0) is 15.3. The van der Waals surface area contributed by atoms with Crippen molar-refractivity contribution >= 4 is 21.6 Å². The van der Waals surface area contributed by atoms with Crippen LogP contribution >= 0.6 is 11.6 Å². The van der Waals surface area contributed by atoms with E-state index in [4.69, 9.17) is 11.6 Å². The van der Waals surface area contributed by atoms with Crippen LogP contribution in [0.4, 0.5) is 0 Å². The van der Waals surface area contributed by atoms with Crippen LogP contribution in [0.5, 0.6) is 0 Å². The molecule has 20 heavy (non-hydrogen) atoms. The lowest BCUT2D eigenvalue weighted by Gasteiger charge is -2.18. The summed E-state index contributed by atoms with van der Waals surface area (Å²) in [4.78, 5) is 0.204. The maximum Gasteiger partial charge on any atom is 0.240 e. The quantitative estimate of drug-likeness (QED) is 0.812. The number of nitrogens with one attached hydrogen (secondary N) is 2. The van der Waals surface area contributed by atoms with Crippen molar-refractivity contribution in [3.8, 4) is 0 Å². The van der Waals surface area contributed by atoms with Crippen LogP contribution in [0.25, 0.3) is 0 Å². The molecule has 1 atom stereocenters. The number of benzene rings is 1. The third-order valence-corrected chi connectivity index (χ3v) is 5.15. The lowest BCUT2D eigenvalue weighted by atomic mass is 10.1. The van der Waals surface area contributed by atoms with Gasteiger partial charge in [0.25, 0.3) is 0 Å². The van der Waals surface area contributed by atoms with Crippen LogP contribution in [0.2, 0.25) is 5.02 Å². The molecule has 0 saturated carbocycles. The van der Waals surface area contributed by atoms with E-state index in [1.54, 1.807) is 12.1 Å². The fourth-order valence-corrected chi connectivity index (χ4v) is 3.28. The summed E-state index contributed by atoms with van der Waals surface area (Å²) in [6.07, 6.45) is 0. The summed E-state index contributed by atoms with van der Waals surface area (Å²) < 4.78 is 27.1.